The van der Waals surface area contributed by atoms with Gasteiger partial charge in [-0.2, -0.15) is 0 Å². The van der Waals surface area contributed by atoms with Crippen molar-refractivity contribution in [2.24, 2.45) is 22.7 Å². The van der Waals surface area contributed by atoms with E-state index in [0.29, 0.717) is 6.54 Å². The maximum Gasteiger partial charge on any atom is 0.329 e. The van der Waals surface area contributed by atoms with Crippen LogP contribution in [0.5, 0.6) is 0 Å². The molecule has 6 atom stereocenters. The van der Waals surface area contributed by atoms with Gasteiger partial charge in [0.25, 0.3) is 5.91 Å². The number of nitrogens with zero attached hydrogens (tertiary/aromatic N) is 1. The lowest BCUT2D eigenvalue weighted by Gasteiger charge is -2.37. The highest BCUT2D eigenvalue weighted by Crippen LogP contribution is 2.50. The van der Waals surface area contributed by atoms with E-state index in [1.165, 1.54) is 17.9 Å². The predicted octanol–water partition coefficient (Wildman–Crippen LogP) is 2.08. The lowest BCUT2D eigenvalue weighted by molar-refractivity contribution is -0.150. The van der Waals surface area contributed by atoms with Gasteiger partial charge in [-0.1, -0.05) is 78.0 Å². The number of Topliss-reactive ketones (excluding diaryl/α,β-unsaturated/α-hetero) is 1. The van der Waals surface area contributed by atoms with E-state index in [9.17, 15) is 28.8 Å². The first kappa shape index (κ1) is 35.3. The van der Waals surface area contributed by atoms with E-state index in [2.05, 4.69) is 27.8 Å². The third-order valence-corrected chi connectivity index (χ3v) is 8.07. The van der Waals surface area contributed by atoms with Gasteiger partial charge < -0.3 is 30.9 Å². The van der Waals surface area contributed by atoms with Crippen LogP contribution in [0.15, 0.2) is 43.0 Å². The number of carbonyl (C=O) groups excluding carboxylic acids is 6. The predicted molar refractivity (Wildman–Crippen MR) is 167 cm³/mol. The van der Waals surface area contributed by atoms with Crippen LogP contribution in [0.25, 0.3) is 0 Å². The lowest BCUT2D eigenvalue weighted by Crippen LogP contribution is -2.62. The molecule has 45 heavy (non-hydrogen) atoms. The van der Waals surface area contributed by atoms with Crippen LogP contribution in [-0.2, 0) is 35.3 Å². The molecule has 1 aliphatic carbocycles. The molecule has 0 spiro atoms. The molecule has 12 nitrogen and oxygen atoms in total. The molecule has 246 valence electrons. The number of rotatable bonds is 12. The van der Waals surface area contributed by atoms with E-state index in [-0.39, 0.29) is 25.0 Å². The van der Waals surface area contributed by atoms with Crippen molar-refractivity contribution in [1.29, 1.82) is 0 Å². The maximum absolute atomic E-state index is 14.0. The molecule has 0 radical (unpaired) electrons. The standard InChI is InChI=1S/C33H47N5O7/c1-9-15-34-28(41)24(39)19(2)35-27(40)23-22-16-21(22)17-38(23)29(42)25(32(3,4)5)36-31(44)37-26(33(6,7)8)30(43)45-18-20-13-11-10-12-14-20/h9-14,19,21-23,25-26H,1,15-18H2,2-8H3,(H,34,41)(H,35,40)(H2,36,37,44). The minimum absolute atomic E-state index is 0.0448. The van der Waals surface area contributed by atoms with E-state index in [1.807, 2.05) is 30.3 Å². The summed E-state index contributed by atoms with van der Waals surface area (Å²) in [4.78, 5) is 79.8. The number of hydrogen-bond acceptors (Lipinski definition) is 7. The van der Waals surface area contributed by atoms with Gasteiger partial charge >= 0.3 is 12.0 Å². The second-order valence-electron chi connectivity index (χ2n) is 14.0. The molecule has 6 unspecified atom stereocenters. The van der Waals surface area contributed by atoms with Gasteiger partial charge in [-0.3, -0.25) is 19.2 Å². The minimum Gasteiger partial charge on any atom is -0.459 e. The Morgan fingerprint density at radius 1 is 0.956 bits per heavy atom. The Morgan fingerprint density at radius 3 is 2.13 bits per heavy atom. The molecule has 12 heteroatoms. The molecule has 3 rings (SSSR count). The Hall–Kier alpha value is -4.22. The van der Waals surface area contributed by atoms with Gasteiger partial charge in [0.05, 0.1) is 6.04 Å². The highest BCUT2D eigenvalue weighted by atomic mass is 16.5. The molecular weight excluding hydrogens is 578 g/mol. The highest BCUT2D eigenvalue weighted by molar-refractivity contribution is 6.38. The fourth-order valence-corrected chi connectivity index (χ4v) is 5.40. The monoisotopic (exact) mass is 625 g/mol. The topological polar surface area (TPSA) is 163 Å². The first-order valence-electron chi connectivity index (χ1n) is 15.3. The van der Waals surface area contributed by atoms with Crippen molar-refractivity contribution in [3.8, 4) is 0 Å². The summed E-state index contributed by atoms with van der Waals surface area (Å²) >= 11 is 0. The van der Waals surface area contributed by atoms with Crippen LogP contribution in [-0.4, -0.2) is 77.7 Å². The fourth-order valence-electron chi connectivity index (χ4n) is 5.40. The zero-order valence-corrected chi connectivity index (χ0v) is 27.3. The summed E-state index contributed by atoms with van der Waals surface area (Å²) in [6.07, 6.45) is 2.20. The summed E-state index contributed by atoms with van der Waals surface area (Å²) < 4.78 is 5.50. The summed E-state index contributed by atoms with van der Waals surface area (Å²) in [7, 11) is 0. The third-order valence-electron chi connectivity index (χ3n) is 8.07. The number of carbonyl (C=O) groups is 6. The molecule has 0 bridgehead atoms. The van der Waals surface area contributed by atoms with Crippen molar-refractivity contribution >= 4 is 35.5 Å². The molecule has 0 aromatic heterocycles. The van der Waals surface area contributed by atoms with E-state index in [4.69, 9.17) is 4.74 Å². The van der Waals surface area contributed by atoms with Crippen LogP contribution >= 0.6 is 0 Å². The number of ketones is 1. The number of hydrogen-bond donors (Lipinski definition) is 4. The Labute approximate surface area is 265 Å². The number of urea groups is 1. The summed E-state index contributed by atoms with van der Waals surface area (Å²) in [6, 6.07) is 4.44. The van der Waals surface area contributed by atoms with Crippen molar-refractivity contribution in [1.82, 2.24) is 26.2 Å². The minimum atomic E-state index is -1.10. The molecule has 5 amide bonds. The number of nitrogens with one attached hydrogen (secondary N) is 4. The second kappa shape index (κ2) is 14.3. The normalized spacial score (nSPS) is 20.9. The van der Waals surface area contributed by atoms with Crippen LogP contribution in [0.4, 0.5) is 4.79 Å². The lowest BCUT2D eigenvalue weighted by atomic mass is 9.85. The van der Waals surface area contributed by atoms with Gasteiger partial charge in [-0.25, -0.2) is 9.59 Å². The Balaban J connectivity index is 1.70. The number of amides is 5. The molecule has 1 saturated heterocycles. The summed E-state index contributed by atoms with van der Waals surface area (Å²) in [5, 5.41) is 10.4. The molecule has 2 aliphatic rings. The molecule has 1 heterocycles. The van der Waals surface area contributed by atoms with Crippen LogP contribution in [0, 0.1) is 22.7 Å². The van der Waals surface area contributed by atoms with Crippen molar-refractivity contribution in [3.05, 3.63) is 48.6 Å². The van der Waals surface area contributed by atoms with Crippen LogP contribution in [0.3, 0.4) is 0 Å². The zero-order valence-electron chi connectivity index (χ0n) is 27.3. The van der Waals surface area contributed by atoms with E-state index < -0.39 is 70.5 Å². The Bertz CT molecular complexity index is 1300. The number of piperidine rings is 1. The summed E-state index contributed by atoms with van der Waals surface area (Å²) in [6.45, 7) is 16.1. The number of fused-ring (bicyclic) bond motifs is 1. The van der Waals surface area contributed by atoms with Gasteiger partial charge in [-0.15, -0.1) is 6.58 Å². The fraction of sp³-hybridized carbons (Fsp3) is 0.576. The molecular formula is C33H47N5O7. The van der Waals surface area contributed by atoms with Gasteiger partial charge in [0.1, 0.15) is 24.7 Å². The summed E-state index contributed by atoms with van der Waals surface area (Å²) in [5.41, 5.74) is -0.666. The van der Waals surface area contributed by atoms with Crippen LogP contribution < -0.4 is 21.3 Å². The maximum atomic E-state index is 14.0. The van der Waals surface area contributed by atoms with E-state index in [0.717, 1.165) is 12.0 Å². The van der Waals surface area contributed by atoms with Crippen molar-refractivity contribution < 1.29 is 33.5 Å². The quantitative estimate of drug-likeness (QED) is 0.157. The largest absolute Gasteiger partial charge is 0.459 e. The highest BCUT2D eigenvalue weighted by Gasteiger charge is 2.58. The number of likely N-dealkylation sites (tertiary alicyclic amines) is 1. The third kappa shape index (κ3) is 9.15. The number of benzene rings is 1. The zero-order chi connectivity index (χ0) is 33.7. The number of ether oxygens (including phenoxy) is 1. The van der Waals surface area contributed by atoms with Crippen molar-refractivity contribution in [2.75, 3.05) is 13.1 Å². The smallest absolute Gasteiger partial charge is 0.329 e. The molecule has 1 aliphatic heterocycles. The average molecular weight is 626 g/mol. The second-order valence-corrected chi connectivity index (χ2v) is 14.0. The Morgan fingerprint density at radius 2 is 1.56 bits per heavy atom. The van der Waals surface area contributed by atoms with Crippen molar-refractivity contribution in [2.45, 2.75) is 85.7 Å². The summed E-state index contributed by atoms with van der Waals surface area (Å²) in [5.74, 6) is -3.20. The molecule has 1 saturated carbocycles. The molecule has 1 aromatic rings. The molecule has 1 aromatic carbocycles. The number of esters is 1. The first-order valence-corrected chi connectivity index (χ1v) is 15.3. The molecule has 2 fully saturated rings. The average Bonchev–Trinajstić information content (AvgIpc) is 3.63. The van der Waals surface area contributed by atoms with Gasteiger partial charge in [-0.05, 0) is 41.6 Å². The Kier molecular flexibility index (Phi) is 11.2. The van der Waals surface area contributed by atoms with Gasteiger partial charge in [0.2, 0.25) is 17.6 Å². The van der Waals surface area contributed by atoms with E-state index >= 15 is 0 Å². The first-order chi connectivity index (χ1) is 20.9. The SMILES string of the molecule is C=CCNC(=O)C(=O)C(C)NC(=O)C1C2CC2CN1C(=O)C(NC(=O)NC(C(=O)OCc1ccccc1)C(C)(C)C)C(C)(C)C. The van der Waals surface area contributed by atoms with Crippen LogP contribution in [0.1, 0.15) is 60.5 Å². The van der Waals surface area contributed by atoms with Crippen LogP contribution in [0.2, 0.25) is 0 Å². The van der Waals surface area contributed by atoms with Gasteiger partial charge in [0, 0.05) is 13.1 Å². The van der Waals surface area contributed by atoms with Crippen molar-refractivity contribution in [3.63, 3.8) is 0 Å². The molecule has 4 N–H and O–H groups in total. The van der Waals surface area contributed by atoms with E-state index in [1.54, 1.807) is 41.5 Å². The van der Waals surface area contributed by atoms with Gasteiger partial charge in [0.15, 0.2) is 0 Å².